The van der Waals surface area contributed by atoms with Crippen LogP contribution in [0.1, 0.15) is 18.1 Å². The van der Waals surface area contributed by atoms with E-state index < -0.39 is 0 Å². The molecule has 0 spiro atoms. The van der Waals surface area contributed by atoms with Gasteiger partial charge in [-0.2, -0.15) is 0 Å². The standard InChI is InChI=1S/C16H15ClN2S/c1-2-11-3-5-12(6-4-11)9-18-15-13(17)7-8-14-16(15)19-10-20-14/h3-8,10,18H,2,9H2,1H3. The number of nitrogens with zero attached hydrogens (tertiary/aromatic N) is 1. The lowest BCUT2D eigenvalue weighted by atomic mass is 10.1. The molecular weight excluding hydrogens is 288 g/mol. The van der Waals surface area contributed by atoms with Gasteiger partial charge in [0.25, 0.3) is 0 Å². The average Bonchev–Trinajstić information content (AvgIpc) is 2.95. The lowest BCUT2D eigenvalue weighted by Crippen LogP contribution is -2.00. The number of hydrogen-bond donors (Lipinski definition) is 1. The lowest BCUT2D eigenvalue weighted by Gasteiger charge is -2.09. The summed E-state index contributed by atoms with van der Waals surface area (Å²) in [6.07, 6.45) is 1.07. The summed E-state index contributed by atoms with van der Waals surface area (Å²) in [6.45, 7) is 2.91. The van der Waals surface area contributed by atoms with Crippen LogP contribution in [0.25, 0.3) is 10.2 Å². The normalized spacial score (nSPS) is 10.9. The molecule has 3 rings (SSSR count). The van der Waals surface area contributed by atoms with Gasteiger partial charge in [0.05, 0.1) is 20.9 Å². The van der Waals surface area contributed by atoms with E-state index in [0.29, 0.717) is 5.02 Å². The minimum absolute atomic E-state index is 0.716. The number of hydrogen-bond acceptors (Lipinski definition) is 3. The fourth-order valence-corrected chi connectivity index (χ4v) is 3.06. The highest BCUT2D eigenvalue weighted by Crippen LogP contribution is 2.32. The topological polar surface area (TPSA) is 24.9 Å². The first-order chi connectivity index (χ1) is 9.78. The largest absolute Gasteiger partial charge is 0.378 e. The van der Waals surface area contributed by atoms with Crippen LogP contribution in [0.4, 0.5) is 5.69 Å². The third-order valence-corrected chi connectivity index (χ3v) is 4.46. The molecule has 0 saturated carbocycles. The van der Waals surface area contributed by atoms with Crippen LogP contribution in [-0.2, 0) is 13.0 Å². The van der Waals surface area contributed by atoms with Crippen molar-refractivity contribution in [1.82, 2.24) is 4.98 Å². The molecule has 0 atom stereocenters. The van der Waals surface area contributed by atoms with Gasteiger partial charge in [-0.3, -0.25) is 0 Å². The first kappa shape index (κ1) is 13.4. The molecule has 0 radical (unpaired) electrons. The number of aryl methyl sites for hydroxylation is 1. The molecule has 0 saturated heterocycles. The summed E-state index contributed by atoms with van der Waals surface area (Å²) in [5, 5.41) is 4.12. The van der Waals surface area contributed by atoms with Gasteiger partial charge in [0.15, 0.2) is 0 Å². The van der Waals surface area contributed by atoms with Crippen molar-refractivity contribution in [2.45, 2.75) is 19.9 Å². The number of nitrogens with one attached hydrogen (secondary N) is 1. The second-order valence-electron chi connectivity index (χ2n) is 4.65. The van der Waals surface area contributed by atoms with Crippen LogP contribution < -0.4 is 5.32 Å². The van der Waals surface area contributed by atoms with Crippen molar-refractivity contribution in [3.05, 3.63) is 58.1 Å². The fraction of sp³-hybridized carbons (Fsp3) is 0.188. The molecule has 0 aliphatic heterocycles. The quantitative estimate of drug-likeness (QED) is 0.723. The van der Waals surface area contributed by atoms with E-state index in [9.17, 15) is 0 Å². The van der Waals surface area contributed by atoms with E-state index in [1.54, 1.807) is 11.3 Å². The van der Waals surface area contributed by atoms with Crippen molar-refractivity contribution in [3.63, 3.8) is 0 Å². The van der Waals surface area contributed by atoms with Gasteiger partial charge in [-0.05, 0) is 29.7 Å². The van der Waals surface area contributed by atoms with Gasteiger partial charge in [0.1, 0.15) is 5.52 Å². The van der Waals surface area contributed by atoms with Gasteiger partial charge >= 0.3 is 0 Å². The van der Waals surface area contributed by atoms with Crippen molar-refractivity contribution >= 4 is 38.8 Å². The second kappa shape index (κ2) is 5.81. The van der Waals surface area contributed by atoms with Crippen LogP contribution in [-0.4, -0.2) is 4.98 Å². The highest BCUT2D eigenvalue weighted by Gasteiger charge is 2.08. The number of thiazole rings is 1. The molecule has 3 aromatic rings. The second-order valence-corrected chi connectivity index (χ2v) is 5.94. The molecule has 0 fully saturated rings. The van der Waals surface area contributed by atoms with Crippen LogP contribution in [0.15, 0.2) is 41.9 Å². The van der Waals surface area contributed by atoms with E-state index in [-0.39, 0.29) is 0 Å². The molecule has 2 aromatic carbocycles. The summed E-state index contributed by atoms with van der Waals surface area (Å²) in [5.41, 5.74) is 6.32. The van der Waals surface area contributed by atoms with E-state index >= 15 is 0 Å². The Labute approximate surface area is 127 Å². The third-order valence-electron chi connectivity index (χ3n) is 3.35. The number of benzene rings is 2. The van der Waals surface area contributed by atoms with E-state index in [1.807, 2.05) is 17.6 Å². The zero-order chi connectivity index (χ0) is 13.9. The molecule has 1 N–H and O–H groups in total. The third kappa shape index (κ3) is 2.65. The summed E-state index contributed by atoms with van der Waals surface area (Å²) in [4.78, 5) is 4.39. The predicted octanol–water partition coefficient (Wildman–Crippen LogP) is 5.12. The Hall–Kier alpha value is -1.58. The maximum Gasteiger partial charge on any atom is 0.106 e. The highest BCUT2D eigenvalue weighted by molar-refractivity contribution is 7.16. The molecule has 4 heteroatoms. The molecule has 0 amide bonds. The maximum atomic E-state index is 6.28. The van der Waals surface area contributed by atoms with Crippen molar-refractivity contribution in [3.8, 4) is 0 Å². The summed E-state index contributed by atoms with van der Waals surface area (Å²) < 4.78 is 1.15. The number of fused-ring (bicyclic) bond motifs is 1. The van der Waals surface area contributed by atoms with E-state index in [0.717, 1.165) is 28.9 Å². The van der Waals surface area contributed by atoms with Gasteiger partial charge in [-0.15, -0.1) is 11.3 Å². The first-order valence-corrected chi connectivity index (χ1v) is 7.87. The van der Waals surface area contributed by atoms with Gasteiger partial charge < -0.3 is 5.32 Å². The molecule has 0 unspecified atom stereocenters. The molecule has 1 aromatic heterocycles. The summed E-state index contributed by atoms with van der Waals surface area (Å²) in [5.74, 6) is 0. The summed E-state index contributed by atoms with van der Waals surface area (Å²) in [7, 11) is 0. The van der Waals surface area contributed by atoms with Crippen molar-refractivity contribution < 1.29 is 0 Å². The van der Waals surface area contributed by atoms with Crippen LogP contribution in [0.2, 0.25) is 5.02 Å². The molecule has 2 nitrogen and oxygen atoms in total. The van der Waals surface area contributed by atoms with E-state index in [4.69, 9.17) is 11.6 Å². The monoisotopic (exact) mass is 302 g/mol. The minimum Gasteiger partial charge on any atom is -0.378 e. The van der Waals surface area contributed by atoms with Crippen molar-refractivity contribution in [1.29, 1.82) is 0 Å². The average molecular weight is 303 g/mol. The number of halogens is 1. The Morgan fingerprint density at radius 2 is 1.85 bits per heavy atom. The minimum atomic E-state index is 0.716. The van der Waals surface area contributed by atoms with Crippen LogP contribution >= 0.6 is 22.9 Å². The summed E-state index contributed by atoms with van der Waals surface area (Å²) in [6, 6.07) is 12.6. The Bertz CT molecular complexity index is 719. The predicted molar refractivity (Wildman–Crippen MR) is 87.8 cm³/mol. The van der Waals surface area contributed by atoms with Crippen LogP contribution in [0.5, 0.6) is 0 Å². The number of anilines is 1. The van der Waals surface area contributed by atoms with Gasteiger partial charge in [0.2, 0.25) is 0 Å². The van der Waals surface area contributed by atoms with Crippen molar-refractivity contribution in [2.24, 2.45) is 0 Å². The molecule has 0 bridgehead atoms. The van der Waals surface area contributed by atoms with Gasteiger partial charge in [0, 0.05) is 6.54 Å². The van der Waals surface area contributed by atoms with Gasteiger partial charge in [-0.25, -0.2) is 4.98 Å². The molecule has 102 valence electrons. The van der Waals surface area contributed by atoms with E-state index in [2.05, 4.69) is 41.5 Å². The Morgan fingerprint density at radius 1 is 1.10 bits per heavy atom. The Morgan fingerprint density at radius 3 is 2.60 bits per heavy atom. The zero-order valence-electron chi connectivity index (χ0n) is 11.2. The van der Waals surface area contributed by atoms with Crippen LogP contribution in [0, 0.1) is 0 Å². The summed E-state index contributed by atoms with van der Waals surface area (Å²) >= 11 is 7.90. The molecule has 0 aliphatic rings. The highest BCUT2D eigenvalue weighted by atomic mass is 35.5. The first-order valence-electron chi connectivity index (χ1n) is 6.61. The fourth-order valence-electron chi connectivity index (χ4n) is 2.16. The Kier molecular flexibility index (Phi) is 3.90. The maximum absolute atomic E-state index is 6.28. The molecule has 0 aliphatic carbocycles. The van der Waals surface area contributed by atoms with Crippen molar-refractivity contribution in [2.75, 3.05) is 5.32 Å². The smallest absolute Gasteiger partial charge is 0.106 e. The number of rotatable bonds is 4. The zero-order valence-corrected chi connectivity index (χ0v) is 12.8. The number of aromatic nitrogens is 1. The van der Waals surface area contributed by atoms with Gasteiger partial charge in [-0.1, -0.05) is 42.8 Å². The van der Waals surface area contributed by atoms with E-state index in [1.165, 1.54) is 11.1 Å². The molecule has 20 heavy (non-hydrogen) atoms. The molecular formula is C16H15ClN2S. The Balaban J connectivity index is 1.82. The SMILES string of the molecule is CCc1ccc(CNc2c(Cl)ccc3scnc23)cc1. The van der Waals surface area contributed by atoms with Crippen LogP contribution in [0.3, 0.4) is 0 Å². The lowest BCUT2D eigenvalue weighted by molar-refractivity contribution is 1.11. The molecule has 1 heterocycles.